The molecule has 1 aromatic rings. The quantitative estimate of drug-likeness (QED) is 0.850. The van der Waals surface area contributed by atoms with Crippen LogP contribution in [0.3, 0.4) is 0 Å². The van der Waals surface area contributed by atoms with Crippen LogP contribution in [0.4, 0.5) is 0 Å². The number of carbonyl (C=O) groups is 1. The Hall–Kier alpha value is -1.31. The lowest BCUT2D eigenvalue weighted by Gasteiger charge is -2.25. The largest absolute Gasteiger partial charge is 0.347 e. The van der Waals surface area contributed by atoms with Gasteiger partial charge in [-0.05, 0) is 63.8 Å². The summed E-state index contributed by atoms with van der Waals surface area (Å²) >= 11 is 0. The van der Waals surface area contributed by atoms with Gasteiger partial charge in [0.2, 0.25) is 0 Å². The molecule has 0 saturated carbocycles. The van der Waals surface area contributed by atoms with Crippen LogP contribution in [0.15, 0.2) is 12.1 Å². The van der Waals surface area contributed by atoms with Gasteiger partial charge in [-0.1, -0.05) is 13.0 Å². The van der Waals surface area contributed by atoms with E-state index in [2.05, 4.69) is 25.2 Å². The second-order valence-electron chi connectivity index (χ2n) is 5.44. The SMILES string of the molecule is CCC(C)(C)NC(=O)c1cc(C)c(C)cc1C. The number of hydrogen-bond donors (Lipinski definition) is 1. The highest BCUT2D eigenvalue weighted by Crippen LogP contribution is 2.17. The molecule has 0 spiro atoms. The molecule has 2 heteroatoms. The first-order valence-electron chi connectivity index (χ1n) is 6.17. The van der Waals surface area contributed by atoms with E-state index in [9.17, 15) is 4.79 Å². The van der Waals surface area contributed by atoms with Crippen LogP contribution in [0.2, 0.25) is 0 Å². The number of nitrogens with one attached hydrogen (secondary N) is 1. The molecule has 0 fully saturated rings. The number of rotatable bonds is 3. The molecule has 0 aromatic heterocycles. The minimum Gasteiger partial charge on any atom is -0.347 e. The van der Waals surface area contributed by atoms with Crippen LogP contribution in [0.5, 0.6) is 0 Å². The van der Waals surface area contributed by atoms with Crippen LogP contribution in [-0.2, 0) is 0 Å². The van der Waals surface area contributed by atoms with E-state index in [0.29, 0.717) is 0 Å². The van der Waals surface area contributed by atoms with Gasteiger partial charge in [0.25, 0.3) is 5.91 Å². The van der Waals surface area contributed by atoms with Crippen LogP contribution in [0.1, 0.15) is 54.2 Å². The van der Waals surface area contributed by atoms with Crippen molar-refractivity contribution in [2.75, 3.05) is 0 Å². The third-order valence-corrected chi connectivity index (χ3v) is 3.42. The first kappa shape index (κ1) is 13.8. The van der Waals surface area contributed by atoms with Crippen molar-refractivity contribution >= 4 is 5.91 Å². The molecule has 2 nitrogen and oxygen atoms in total. The van der Waals surface area contributed by atoms with Crippen molar-refractivity contribution in [2.24, 2.45) is 0 Å². The number of carbonyl (C=O) groups excluding carboxylic acids is 1. The van der Waals surface area contributed by atoms with Gasteiger partial charge in [0.15, 0.2) is 0 Å². The molecule has 0 heterocycles. The first-order valence-corrected chi connectivity index (χ1v) is 6.17. The van der Waals surface area contributed by atoms with E-state index >= 15 is 0 Å². The average molecular weight is 233 g/mol. The van der Waals surface area contributed by atoms with E-state index < -0.39 is 0 Å². The Kier molecular flexibility index (Phi) is 3.97. The second-order valence-corrected chi connectivity index (χ2v) is 5.44. The van der Waals surface area contributed by atoms with Gasteiger partial charge < -0.3 is 5.32 Å². The van der Waals surface area contributed by atoms with E-state index in [1.807, 2.05) is 33.8 Å². The molecular weight excluding hydrogens is 210 g/mol. The Morgan fingerprint density at radius 2 is 1.65 bits per heavy atom. The van der Waals surface area contributed by atoms with Crippen molar-refractivity contribution in [3.05, 3.63) is 34.4 Å². The maximum absolute atomic E-state index is 12.2. The summed E-state index contributed by atoms with van der Waals surface area (Å²) in [6, 6.07) is 4.05. The molecule has 0 atom stereocenters. The zero-order valence-corrected chi connectivity index (χ0v) is 11.8. The van der Waals surface area contributed by atoms with Crippen molar-refractivity contribution in [1.29, 1.82) is 0 Å². The topological polar surface area (TPSA) is 29.1 Å². The van der Waals surface area contributed by atoms with Gasteiger partial charge in [-0.15, -0.1) is 0 Å². The molecule has 94 valence electrons. The molecule has 17 heavy (non-hydrogen) atoms. The molecule has 0 unspecified atom stereocenters. The zero-order chi connectivity index (χ0) is 13.2. The fraction of sp³-hybridized carbons (Fsp3) is 0.533. The first-order chi connectivity index (χ1) is 7.76. The van der Waals surface area contributed by atoms with Crippen LogP contribution in [-0.4, -0.2) is 11.4 Å². The van der Waals surface area contributed by atoms with E-state index in [1.54, 1.807) is 0 Å². The summed E-state index contributed by atoms with van der Waals surface area (Å²) in [5.74, 6) is 0.0254. The van der Waals surface area contributed by atoms with Gasteiger partial charge in [-0.25, -0.2) is 0 Å². The summed E-state index contributed by atoms with van der Waals surface area (Å²) in [6.07, 6.45) is 0.919. The summed E-state index contributed by atoms with van der Waals surface area (Å²) in [6.45, 7) is 12.3. The Balaban J connectivity index is 3.01. The Labute approximate surface area is 104 Å². The van der Waals surface area contributed by atoms with Crippen LogP contribution < -0.4 is 5.32 Å². The van der Waals surface area contributed by atoms with Crippen LogP contribution >= 0.6 is 0 Å². The lowest BCUT2D eigenvalue weighted by Crippen LogP contribution is -2.43. The minimum atomic E-state index is -0.150. The molecule has 1 aromatic carbocycles. The molecular formula is C15H23NO. The lowest BCUT2D eigenvalue weighted by molar-refractivity contribution is 0.0910. The highest BCUT2D eigenvalue weighted by atomic mass is 16.1. The van der Waals surface area contributed by atoms with E-state index in [-0.39, 0.29) is 11.4 Å². The van der Waals surface area contributed by atoms with E-state index in [0.717, 1.165) is 23.1 Å². The second kappa shape index (κ2) is 4.91. The average Bonchev–Trinajstić information content (AvgIpc) is 2.22. The normalized spacial score (nSPS) is 11.4. The highest BCUT2D eigenvalue weighted by Gasteiger charge is 2.20. The van der Waals surface area contributed by atoms with E-state index in [1.165, 1.54) is 5.56 Å². The standard InChI is InChI=1S/C15H23NO/c1-7-15(5,6)16-14(17)13-9-11(3)10(2)8-12(13)4/h8-9H,7H2,1-6H3,(H,16,17). The Bertz CT molecular complexity index is 433. The molecule has 1 rings (SSSR count). The number of hydrogen-bond acceptors (Lipinski definition) is 1. The fourth-order valence-electron chi connectivity index (χ4n) is 1.67. The summed E-state index contributed by atoms with van der Waals surface area (Å²) in [5.41, 5.74) is 4.07. The summed E-state index contributed by atoms with van der Waals surface area (Å²) in [4.78, 5) is 12.2. The van der Waals surface area contributed by atoms with Crippen molar-refractivity contribution in [3.8, 4) is 0 Å². The van der Waals surface area contributed by atoms with E-state index in [4.69, 9.17) is 0 Å². The van der Waals surface area contributed by atoms with Gasteiger partial charge in [0, 0.05) is 11.1 Å². The molecule has 0 aliphatic heterocycles. The number of aryl methyl sites for hydroxylation is 3. The predicted octanol–water partition coefficient (Wildman–Crippen LogP) is 3.53. The molecule has 1 amide bonds. The van der Waals surface area contributed by atoms with Crippen LogP contribution in [0.25, 0.3) is 0 Å². The molecule has 0 bridgehead atoms. The molecule has 0 radical (unpaired) electrons. The van der Waals surface area contributed by atoms with Crippen molar-refractivity contribution in [3.63, 3.8) is 0 Å². The van der Waals surface area contributed by atoms with Gasteiger partial charge >= 0.3 is 0 Å². The van der Waals surface area contributed by atoms with Crippen molar-refractivity contribution in [2.45, 2.75) is 53.5 Å². The van der Waals surface area contributed by atoms with Crippen LogP contribution in [0, 0.1) is 20.8 Å². The smallest absolute Gasteiger partial charge is 0.251 e. The number of amides is 1. The molecule has 0 saturated heterocycles. The minimum absolute atomic E-state index is 0.0254. The monoisotopic (exact) mass is 233 g/mol. The summed E-state index contributed by atoms with van der Waals surface area (Å²) < 4.78 is 0. The molecule has 0 aliphatic carbocycles. The predicted molar refractivity (Wildman–Crippen MR) is 72.5 cm³/mol. The van der Waals surface area contributed by atoms with Crippen molar-refractivity contribution < 1.29 is 4.79 Å². The van der Waals surface area contributed by atoms with Crippen molar-refractivity contribution in [1.82, 2.24) is 5.32 Å². The molecule has 0 aliphatic rings. The third-order valence-electron chi connectivity index (χ3n) is 3.42. The Morgan fingerprint density at radius 3 is 2.18 bits per heavy atom. The fourth-order valence-corrected chi connectivity index (χ4v) is 1.67. The molecule has 1 N–H and O–H groups in total. The maximum Gasteiger partial charge on any atom is 0.251 e. The maximum atomic E-state index is 12.2. The van der Waals surface area contributed by atoms with Gasteiger partial charge in [-0.3, -0.25) is 4.79 Å². The van der Waals surface area contributed by atoms with Gasteiger partial charge in [0.05, 0.1) is 0 Å². The van der Waals surface area contributed by atoms with Gasteiger partial charge in [0.1, 0.15) is 0 Å². The number of benzene rings is 1. The zero-order valence-electron chi connectivity index (χ0n) is 11.8. The summed E-state index contributed by atoms with van der Waals surface area (Å²) in [5, 5.41) is 3.07. The lowest BCUT2D eigenvalue weighted by atomic mass is 9.97. The third kappa shape index (κ3) is 3.32. The summed E-state index contributed by atoms with van der Waals surface area (Å²) in [7, 11) is 0. The van der Waals surface area contributed by atoms with Gasteiger partial charge in [-0.2, -0.15) is 0 Å². The highest BCUT2D eigenvalue weighted by molar-refractivity contribution is 5.96. The Morgan fingerprint density at radius 1 is 1.12 bits per heavy atom.